The molecule has 1 saturated carbocycles. The molecule has 0 radical (unpaired) electrons. The van der Waals surface area contributed by atoms with Gasteiger partial charge in [0.25, 0.3) is 0 Å². The van der Waals surface area contributed by atoms with Crippen LogP contribution >= 0.6 is 0 Å². The van der Waals surface area contributed by atoms with Crippen LogP contribution in [0.2, 0.25) is 0 Å². The third-order valence-electron chi connectivity index (χ3n) is 4.72. The van der Waals surface area contributed by atoms with Gasteiger partial charge in [0.15, 0.2) is 0 Å². The number of rotatable bonds is 4. The van der Waals surface area contributed by atoms with Crippen LogP contribution in [-0.2, 0) is 6.42 Å². The van der Waals surface area contributed by atoms with E-state index < -0.39 is 0 Å². The summed E-state index contributed by atoms with van der Waals surface area (Å²) < 4.78 is 0. The van der Waals surface area contributed by atoms with Gasteiger partial charge in [0.2, 0.25) is 0 Å². The first-order chi connectivity index (χ1) is 9.10. The lowest BCUT2D eigenvalue weighted by Crippen LogP contribution is -2.31. The molecule has 0 heterocycles. The molecule has 0 bridgehead atoms. The molecular weight excluding hydrogens is 230 g/mol. The van der Waals surface area contributed by atoms with Crippen LogP contribution in [0.15, 0.2) is 42.5 Å². The highest BCUT2D eigenvalue weighted by Gasteiger charge is 2.49. The minimum atomic E-state index is 0.532. The number of nitrogens with one attached hydrogen (secondary N) is 1. The van der Waals surface area contributed by atoms with E-state index >= 15 is 0 Å². The Morgan fingerprint density at radius 3 is 2.47 bits per heavy atom. The largest absolute Gasteiger partial charge is 0.316 e. The second-order valence-electron chi connectivity index (χ2n) is 6.58. The van der Waals surface area contributed by atoms with E-state index in [1.165, 1.54) is 22.8 Å². The molecule has 1 aliphatic rings. The van der Waals surface area contributed by atoms with Crippen LogP contribution in [0.1, 0.15) is 25.8 Å². The van der Waals surface area contributed by atoms with E-state index in [1.54, 1.807) is 0 Å². The summed E-state index contributed by atoms with van der Waals surface area (Å²) in [5.41, 5.74) is 1.98. The molecule has 0 amide bonds. The van der Waals surface area contributed by atoms with Crippen LogP contribution < -0.4 is 5.32 Å². The maximum atomic E-state index is 3.52. The molecule has 0 spiro atoms. The molecule has 3 rings (SSSR count). The van der Waals surface area contributed by atoms with E-state index in [0.717, 1.165) is 12.3 Å². The molecule has 2 unspecified atom stereocenters. The molecule has 2 atom stereocenters. The summed E-state index contributed by atoms with van der Waals surface area (Å²) in [5, 5.41) is 6.20. The molecule has 2 aromatic rings. The van der Waals surface area contributed by atoms with Crippen LogP contribution in [-0.4, -0.2) is 13.1 Å². The van der Waals surface area contributed by atoms with E-state index in [4.69, 9.17) is 0 Å². The minimum Gasteiger partial charge on any atom is -0.316 e. The van der Waals surface area contributed by atoms with Crippen molar-refractivity contribution < 1.29 is 0 Å². The summed E-state index contributed by atoms with van der Waals surface area (Å²) in [6.07, 6.45) is 2.49. The average molecular weight is 253 g/mol. The van der Waals surface area contributed by atoms with Crippen molar-refractivity contribution in [1.82, 2.24) is 5.32 Å². The van der Waals surface area contributed by atoms with Crippen molar-refractivity contribution in [3.63, 3.8) is 0 Å². The molecule has 1 fully saturated rings. The second-order valence-corrected chi connectivity index (χ2v) is 6.58. The third kappa shape index (κ3) is 2.52. The maximum Gasteiger partial charge on any atom is 0.0138 e. The zero-order valence-electron chi connectivity index (χ0n) is 12.1. The quantitative estimate of drug-likeness (QED) is 0.868. The van der Waals surface area contributed by atoms with Gasteiger partial charge in [-0.2, -0.15) is 0 Å². The van der Waals surface area contributed by atoms with E-state index in [1.807, 2.05) is 0 Å². The zero-order chi connectivity index (χ0) is 13.5. The summed E-state index contributed by atoms with van der Waals surface area (Å²) in [6, 6.07) is 16.1. The van der Waals surface area contributed by atoms with Gasteiger partial charge in [0, 0.05) is 6.04 Å². The van der Waals surface area contributed by atoms with Crippen LogP contribution in [0, 0.1) is 11.3 Å². The van der Waals surface area contributed by atoms with Crippen LogP contribution in [0.5, 0.6) is 0 Å². The first-order valence-corrected chi connectivity index (χ1v) is 7.25. The Morgan fingerprint density at radius 2 is 1.84 bits per heavy atom. The Labute approximate surface area is 116 Å². The van der Waals surface area contributed by atoms with Crippen molar-refractivity contribution in [3.8, 4) is 0 Å². The number of benzene rings is 2. The highest BCUT2D eigenvalue weighted by Crippen LogP contribution is 2.53. The van der Waals surface area contributed by atoms with Gasteiger partial charge in [-0.1, -0.05) is 56.3 Å². The number of hydrogen-bond acceptors (Lipinski definition) is 1. The van der Waals surface area contributed by atoms with E-state index in [2.05, 4.69) is 68.7 Å². The lowest BCUT2D eigenvalue weighted by atomic mass is 9.96. The molecule has 2 aromatic carbocycles. The predicted octanol–water partition coefficient (Wildman–Crippen LogP) is 4.02. The fraction of sp³-hybridized carbons (Fsp3) is 0.444. The Hall–Kier alpha value is -1.34. The smallest absolute Gasteiger partial charge is 0.0138 e. The minimum absolute atomic E-state index is 0.532. The van der Waals surface area contributed by atoms with E-state index in [0.29, 0.717) is 11.5 Å². The predicted molar refractivity (Wildman–Crippen MR) is 82.4 cm³/mol. The van der Waals surface area contributed by atoms with Gasteiger partial charge >= 0.3 is 0 Å². The average Bonchev–Trinajstić information content (AvgIpc) is 3.04. The number of hydrogen-bond donors (Lipinski definition) is 1. The normalized spacial score (nSPS) is 22.4. The molecule has 1 nitrogen and oxygen atoms in total. The monoisotopic (exact) mass is 253 g/mol. The van der Waals surface area contributed by atoms with Crippen molar-refractivity contribution in [3.05, 3.63) is 48.0 Å². The van der Waals surface area contributed by atoms with Gasteiger partial charge in [-0.3, -0.25) is 0 Å². The lowest BCUT2D eigenvalue weighted by Gasteiger charge is -2.18. The summed E-state index contributed by atoms with van der Waals surface area (Å²) in [4.78, 5) is 0. The second kappa shape index (κ2) is 4.64. The van der Waals surface area contributed by atoms with Gasteiger partial charge in [-0.15, -0.1) is 0 Å². The zero-order valence-corrected chi connectivity index (χ0v) is 12.1. The molecule has 100 valence electrons. The summed E-state index contributed by atoms with van der Waals surface area (Å²) in [5.74, 6) is 0.823. The fourth-order valence-corrected chi connectivity index (χ4v) is 3.26. The van der Waals surface area contributed by atoms with Crippen LogP contribution in [0.25, 0.3) is 10.8 Å². The summed E-state index contributed by atoms with van der Waals surface area (Å²) in [7, 11) is 2.10. The molecule has 0 aromatic heterocycles. The summed E-state index contributed by atoms with van der Waals surface area (Å²) in [6.45, 7) is 4.75. The first kappa shape index (κ1) is 12.7. The van der Waals surface area contributed by atoms with E-state index in [-0.39, 0.29) is 0 Å². The third-order valence-corrected chi connectivity index (χ3v) is 4.72. The Kier molecular flexibility index (Phi) is 3.10. The van der Waals surface area contributed by atoms with Gasteiger partial charge in [-0.05, 0) is 47.6 Å². The van der Waals surface area contributed by atoms with Gasteiger partial charge < -0.3 is 5.32 Å². The molecule has 0 aliphatic heterocycles. The topological polar surface area (TPSA) is 12.0 Å². The molecule has 1 heteroatoms. The number of likely N-dealkylation sites (N-methyl/N-ethyl adjacent to an activating group) is 1. The van der Waals surface area contributed by atoms with Gasteiger partial charge in [0.05, 0.1) is 0 Å². The van der Waals surface area contributed by atoms with Crippen molar-refractivity contribution in [1.29, 1.82) is 0 Å². The standard InChI is InChI=1S/C18H23N/c1-18(2)12-16(18)17(19-3)11-13-8-9-14-6-4-5-7-15(14)10-13/h4-10,16-17,19H,11-12H2,1-3H3. The fourth-order valence-electron chi connectivity index (χ4n) is 3.26. The SMILES string of the molecule is CNC(Cc1ccc2ccccc2c1)C1CC1(C)C. The molecule has 1 aliphatic carbocycles. The maximum absolute atomic E-state index is 3.52. The Balaban J connectivity index is 1.80. The van der Waals surface area contributed by atoms with Gasteiger partial charge in [-0.25, -0.2) is 0 Å². The first-order valence-electron chi connectivity index (χ1n) is 7.25. The molecular formula is C18H23N. The molecule has 19 heavy (non-hydrogen) atoms. The van der Waals surface area contributed by atoms with Crippen molar-refractivity contribution >= 4 is 10.8 Å². The van der Waals surface area contributed by atoms with Crippen LogP contribution in [0.3, 0.4) is 0 Å². The van der Waals surface area contributed by atoms with Crippen molar-refractivity contribution in [2.24, 2.45) is 11.3 Å². The van der Waals surface area contributed by atoms with Crippen molar-refractivity contribution in [2.75, 3.05) is 7.05 Å². The van der Waals surface area contributed by atoms with Crippen LogP contribution in [0.4, 0.5) is 0 Å². The number of fused-ring (bicyclic) bond motifs is 1. The van der Waals surface area contributed by atoms with Gasteiger partial charge in [0.1, 0.15) is 0 Å². The highest BCUT2D eigenvalue weighted by atomic mass is 14.9. The van der Waals surface area contributed by atoms with Crippen molar-refractivity contribution in [2.45, 2.75) is 32.7 Å². The highest BCUT2D eigenvalue weighted by molar-refractivity contribution is 5.83. The Morgan fingerprint density at radius 1 is 1.16 bits per heavy atom. The Bertz CT molecular complexity index is 585. The summed E-state index contributed by atoms with van der Waals surface area (Å²) >= 11 is 0. The lowest BCUT2D eigenvalue weighted by molar-refractivity contribution is 0.426. The van der Waals surface area contributed by atoms with E-state index in [9.17, 15) is 0 Å². The molecule has 0 saturated heterocycles. The molecule has 1 N–H and O–H groups in total.